The second kappa shape index (κ2) is 6.30. The molecule has 0 fully saturated rings. The summed E-state index contributed by atoms with van der Waals surface area (Å²) in [7, 11) is 0. The van der Waals surface area contributed by atoms with E-state index in [-0.39, 0.29) is 11.3 Å². The molecule has 0 aliphatic rings. The Hall–Kier alpha value is -2.20. The maximum atomic E-state index is 11.2. The number of halogens is 1. The Labute approximate surface area is 121 Å². The van der Waals surface area contributed by atoms with Crippen LogP contribution in [0.3, 0.4) is 0 Å². The lowest BCUT2D eigenvalue weighted by atomic mass is 10.2. The van der Waals surface area contributed by atoms with E-state index in [9.17, 15) is 4.79 Å². The van der Waals surface area contributed by atoms with Crippen LogP contribution in [0.15, 0.2) is 42.5 Å². The van der Waals surface area contributed by atoms with Crippen LogP contribution in [0, 0.1) is 0 Å². The molecule has 5 heteroatoms. The predicted molar refractivity (Wildman–Crippen MR) is 76.1 cm³/mol. The van der Waals surface area contributed by atoms with Gasteiger partial charge in [0.25, 0.3) is 0 Å². The monoisotopic (exact) mass is 292 g/mol. The fraction of sp³-hybridized carbons (Fsp3) is 0.133. The number of ether oxygens (including phenoxy) is 2. The van der Waals surface area contributed by atoms with E-state index in [1.807, 2.05) is 13.0 Å². The molecule has 2 rings (SSSR count). The highest BCUT2D eigenvalue weighted by Gasteiger charge is 2.14. The maximum absolute atomic E-state index is 11.2. The molecule has 0 saturated heterocycles. The maximum Gasteiger partial charge on any atom is 0.339 e. The Morgan fingerprint density at radius 1 is 1.15 bits per heavy atom. The number of carboxylic acid groups (broad SMARTS) is 1. The smallest absolute Gasteiger partial charge is 0.339 e. The Kier molecular flexibility index (Phi) is 4.48. The molecule has 0 amide bonds. The lowest BCUT2D eigenvalue weighted by Crippen LogP contribution is -2.01. The molecule has 1 N–H and O–H groups in total. The summed E-state index contributed by atoms with van der Waals surface area (Å²) in [6, 6.07) is 11.4. The van der Waals surface area contributed by atoms with Crippen LogP contribution < -0.4 is 9.47 Å². The van der Waals surface area contributed by atoms with Gasteiger partial charge in [0.05, 0.1) is 6.61 Å². The van der Waals surface area contributed by atoms with Crippen molar-refractivity contribution >= 4 is 17.6 Å². The van der Waals surface area contributed by atoms with Crippen molar-refractivity contribution in [3.63, 3.8) is 0 Å². The Morgan fingerprint density at radius 2 is 1.85 bits per heavy atom. The molecule has 0 bridgehead atoms. The van der Waals surface area contributed by atoms with Crippen molar-refractivity contribution in [1.29, 1.82) is 0 Å². The molecule has 0 aromatic heterocycles. The van der Waals surface area contributed by atoms with Crippen molar-refractivity contribution in [2.24, 2.45) is 0 Å². The minimum absolute atomic E-state index is 0.0423. The van der Waals surface area contributed by atoms with Crippen molar-refractivity contribution in [2.75, 3.05) is 6.61 Å². The molecule has 20 heavy (non-hydrogen) atoms. The molecule has 0 unspecified atom stereocenters. The van der Waals surface area contributed by atoms with E-state index < -0.39 is 5.97 Å². The molecule has 0 aliphatic heterocycles. The van der Waals surface area contributed by atoms with E-state index in [0.717, 1.165) is 0 Å². The lowest BCUT2D eigenvalue weighted by molar-refractivity contribution is 0.0694. The third-order valence-electron chi connectivity index (χ3n) is 2.54. The summed E-state index contributed by atoms with van der Waals surface area (Å²) in [5, 5.41) is 9.55. The SMILES string of the molecule is CCOc1ccccc1Oc1cc(Cl)ccc1C(=O)O. The fourth-order valence-corrected chi connectivity index (χ4v) is 1.85. The fourth-order valence-electron chi connectivity index (χ4n) is 1.68. The first-order valence-electron chi connectivity index (χ1n) is 6.04. The number of para-hydroxylation sites is 2. The molecule has 104 valence electrons. The lowest BCUT2D eigenvalue weighted by Gasteiger charge is -2.13. The van der Waals surface area contributed by atoms with Crippen molar-refractivity contribution in [1.82, 2.24) is 0 Å². The second-order valence-corrected chi connectivity index (χ2v) is 4.36. The minimum Gasteiger partial charge on any atom is -0.490 e. The number of hydrogen-bond donors (Lipinski definition) is 1. The van der Waals surface area contributed by atoms with Crippen LogP contribution in [0.4, 0.5) is 0 Å². The van der Waals surface area contributed by atoms with Gasteiger partial charge in [-0.3, -0.25) is 0 Å². The highest BCUT2D eigenvalue weighted by atomic mass is 35.5. The summed E-state index contributed by atoms with van der Waals surface area (Å²) in [5.41, 5.74) is 0.0423. The Bertz CT molecular complexity index is 625. The number of benzene rings is 2. The average Bonchev–Trinajstić information content (AvgIpc) is 2.41. The van der Waals surface area contributed by atoms with Gasteiger partial charge in [0, 0.05) is 11.1 Å². The summed E-state index contributed by atoms with van der Waals surface area (Å²) in [4.78, 5) is 11.2. The number of carbonyl (C=O) groups is 1. The van der Waals surface area contributed by atoms with E-state index in [1.54, 1.807) is 18.2 Å². The normalized spacial score (nSPS) is 10.1. The average molecular weight is 293 g/mol. The van der Waals surface area contributed by atoms with Crippen molar-refractivity contribution in [3.8, 4) is 17.2 Å². The zero-order valence-corrected chi connectivity index (χ0v) is 11.6. The van der Waals surface area contributed by atoms with E-state index in [2.05, 4.69) is 0 Å². The molecule has 2 aromatic rings. The highest BCUT2D eigenvalue weighted by molar-refractivity contribution is 6.30. The molecule has 0 aliphatic carbocycles. The van der Waals surface area contributed by atoms with Gasteiger partial charge in [-0.25, -0.2) is 4.79 Å². The van der Waals surface area contributed by atoms with E-state index in [1.165, 1.54) is 18.2 Å². The molecule has 0 radical (unpaired) electrons. The van der Waals surface area contributed by atoms with Crippen molar-refractivity contribution in [3.05, 3.63) is 53.1 Å². The topological polar surface area (TPSA) is 55.8 Å². The van der Waals surface area contributed by atoms with Gasteiger partial charge in [-0.15, -0.1) is 0 Å². The summed E-state index contributed by atoms with van der Waals surface area (Å²) < 4.78 is 11.1. The van der Waals surface area contributed by atoms with Crippen LogP contribution in [0.25, 0.3) is 0 Å². The first kappa shape index (κ1) is 14.2. The molecule has 0 heterocycles. The van der Waals surface area contributed by atoms with Crippen molar-refractivity contribution in [2.45, 2.75) is 6.92 Å². The molecule has 0 spiro atoms. The van der Waals surface area contributed by atoms with Crippen LogP contribution in [0.1, 0.15) is 17.3 Å². The molecule has 2 aromatic carbocycles. The molecule has 0 atom stereocenters. The first-order valence-corrected chi connectivity index (χ1v) is 6.42. The number of carboxylic acids is 1. The number of aromatic carboxylic acids is 1. The van der Waals surface area contributed by atoms with Crippen LogP contribution in [-0.4, -0.2) is 17.7 Å². The van der Waals surface area contributed by atoms with Gasteiger partial charge in [0.2, 0.25) is 0 Å². The van der Waals surface area contributed by atoms with Gasteiger partial charge in [-0.2, -0.15) is 0 Å². The second-order valence-electron chi connectivity index (χ2n) is 3.93. The van der Waals surface area contributed by atoms with Crippen LogP contribution >= 0.6 is 11.6 Å². The zero-order chi connectivity index (χ0) is 14.5. The van der Waals surface area contributed by atoms with Gasteiger partial charge in [0.1, 0.15) is 11.3 Å². The summed E-state index contributed by atoms with van der Waals surface area (Å²) in [6.45, 7) is 2.35. The standard InChI is InChI=1S/C15H13ClO4/c1-2-19-12-5-3-4-6-13(12)20-14-9-10(16)7-8-11(14)15(17)18/h3-9H,2H2,1H3,(H,17,18). The first-order chi connectivity index (χ1) is 9.61. The third-order valence-corrected chi connectivity index (χ3v) is 2.78. The quantitative estimate of drug-likeness (QED) is 0.896. The molecule has 0 saturated carbocycles. The van der Waals surface area contributed by atoms with Gasteiger partial charge in [-0.05, 0) is 31.2 Å². The minimum atomic E-state index is -1.08. The van der Waals surface area contributed by atoms with Gasteiger partial charge < -0.3 is 14.6 Å². The van der Waals surface area contributed by atoms with Crippen LogP contribution in [0.2, 0.25) is 5.02 Å². The molecular weight excluding hydrogens is 280 g/mol. The van der Waals surface area contributed by atoms with E-state index in [4.69, 9.17) is 26.2 Å². The Balaban J connectivity index is 2.39. The van der Waals surface area contributed by atoms with Crippen LogP contribution in [-0.2, 0) is 0 Å². The van der Waals surface area contributed by atoms with Gasteiger partial charge in [0.15, 0.2) is 11.5 Å². The molecular formula is C15H13ClO4. The summed E-state index contributed by atoms with van der Waals surface area (Å²) >= 11 is 5.88. The Morgan fingerprint density at radius 3 is 2.50 bits per heavy atom. The third kappa shape index (κ3) is 3.22. The zero-order valence-electron chi connectivity index (χ0n) is 10.8. The largest absolute Gasteiger partial charge is 0.490 e. The number of rotatable bonds is 5. The molecule has 4 nitrogen and oxygen atoms in total. The predicted octanol–water partition coefficient (Wildman–Crippen LogP) is 4.23. The number of hydrogen-bond acceptors (Lipinski definition) is 3. The van der Waals surface area contributed by atoms with E-state index >= 15 is 0 Å². The summed E-state index contributed by atoms with van der Waals surface area (Å²) in [5.74, 6) is 0.0909. The van der Waals surface area contributed by atoms with Gasteiger partial charge >= 0.3 is 5.97 Å². The van der Waals surface area contributed by atoms with Gasteiger partial charge in [-0.1, -0.05) is 23.7 Å². The van der Waals surface area contributed by atoms with Crippen molar-refractivity contribution < 1.29 is 19.4 Å². The summed E-state index contributed by atoms with van der Waals surface area (Å²) in [6.07, 6.45) is 0. The highest BCUT2D eigenvalue weighted by Crippen LogP contribution is 2.34. The van der Waals surface area contributed by atoms with E-state index in [0.29, 0.717) is 23.1 Å². The van der Waals surface area contributed by atoms with Crippen LogP contribution in [0.5, 0.6) is 17.2 Å².